The van der Waals surface area contributed by atoms with E-state index in [9.17, 15) is 9.18 Å². The Morgan fingerprint density at radius 3 is 2.96 bits per heavy atom. The van der Waals surface area contributed by atoms with Gasteiger partial charge in [-0.25, -0.2) is 4.39 Å². The molecule has 1 saturated heterocycles. The highest BCUT2D eigenvalue weighted by Gasteiger charge is 2.25. The third kappa shape index (κ3) is 3.61. The summed E-state index contributed by atoms with van der Waals surface area (Å²) in [5, 5.41) is 2.53. The molecule has 6 heteroatoms. The zero-order valence-electron chi connectivity index (χ0n) is 13.6. The molecule has 1 aromatic carbocycles. The van der Waals surface area contributed by atoms with Gasteiger partial charge < -0.3 is 9.64 Å². The summed E-state index contributed by atoms with van der Waals surface area (Å²) in [6.45, 7) is 1.90. The van der Waals surface area contributed by atoms with Crippen molar-refractivity contribution < 1.29 is 13.9 Å². The second-order valence-corrected chi connectivity index (χ2v) is 8.28. The Hall–Kier alpha value is -1.76. The molecule has 1 atom stereocenters. The fraction of sp³-hybridized carbons (Fsp3) is 0.316. The van der Waals surface area contributed by atoms with Gasteiger partial charge in [-0.05, 0) is 42.5 Å². The highest BCUT2D eigenvalue weighted by molar-refractivity contribution is 7.20. The maximum absolute atomic E-state index is 14.0. The molecule has 0 radical (unpaired) electrons. The minimum absolute atomic E-state index is 0.0514. The zero-order chi connectivity index (χ0) is 17.2. The van der Waals surface area contributed by atoms with Crippen molar-refractivity contribution in [1.82, 2.24) is 4.90 Å². The minimum atomic E-state index is -0.281. The van der Waals surface area contributed by atoms with Gasteiger partial charge in [0.2, 0.25) is 0 Å². The quantitative estimate of drug-likeness (QED) is 0.633. The predicted molar refractivity (Wildman–Crippen MR) is 99.8 cm³/mol. The number of hydrogen-bond acceptors (Lipinski definition) is 4. The van der Waals surface area contributed by atoms with E-state index < -0.39 is 0 Å². The van der Waals surface area contributed by atoms with E-state index in [1.807, 2.05) is 28.5 Å². The van der Waals surface area contributed by atoms with E-state index in [4.69, 9.17) is 4.74 Å². The van der Waals surface area contributed by atoms with Crippen LogP contribution in [0.25, 0.3) is 10.1 Å². The average Bonchev–Trinajstić information content (AvgIpc) is 3.35. The van der Waals surface area contributed by atoms with Gasteiger partial charge in [-0.1, -0.05) is 12.1 Å². The van der Waals surface area contributed by atoms with Gasteiger partial charge in [-0.3, -0.25) is 4.79 Å². The number of nitrogens with zero attached hydrogens (tertiary/aromatic N) is 1. The molecule has 1 aliphatic rings. The Bertz CT molecular complexity index is 869. The van der Waals surface area contributed by atoms with Crippen LogP contribution in [-0.4, -0.2) is 30.1 Å². The highest BCUT2D eigenvalue weighted by Crippen LogP contribution is 2.29. The number of fused-ring (bicyclic) bond motifs is 1. The van der Waals surface area contributed by atoms with E-state index >= 15 is 0 Å². The van der Waals surface area contributed by atoms with Gasteiger partial charge >= 0.3 is 0 Å². The van der Waals surface area contributed by atoms with Crippen LogP contribution in [0.4, 0.5) is 4.39 Å². The molecule has 0 N–H and O–H groups in total. The maximum Gasteiger partial charge on any atom is 0.264 e. The third-order valence-electron chi connectivity index (χ3n) is 4.38. The van der Waals surface area contributed by atoms with Crippen LogP contribution in [0.2, 0.25) is 0 Å². The van der Waals surface area contributed by atoms with Crippen LogP contribution in [0.15, 0.2) is 41.8 Å². The topological polar surface area (TPSA) is 29.5 Å². The second-order valence-electron chi connectivity index (χ2n) is 6.16. The van der Waals surface area contributed by atoms with Crippen LogP contribution in [0.3, 0.4) is 0 Å². The monoisotopic (exact) mass is 375 g/mol. The van der Waals surface area contributed by atoms with Crippen LogP contribution in [0.1, 0.15) is 27.4 Å². The second kappa shape index (κ2) is 7.23. The molecule has 1 fully saturated rings. The first-order valence-electron chi connectivity index (χ1n) is 8.32. The number of rotatable bonds is 5. The van der Waals surface area contributed by atoms with Gasteiger partial charge in [0.15, 0.2) is 0 Å². The summed E-state index contributed by atoms with van der Waals surface area (Å²) in [6.07, 6.45) is 2.12. The molecule has 0 aliphatic carbocycles. The van der Waals surface area contributed by atoms with Crippen molar-refractivity contribution in [3.63, 3.8) is 0 Å². The van der Waals surface area contributed by atoms with Crippen molar-refractivity contribution in [3.8, 4) is 0 Å². The van der Waals surface area contributed by atoms with Crippen LogP contribution in [0.5, 0.6) is 0 Å². The fourth-order valence-corrected chi connectivity index (χ4v) is 4.89. The molecule has 4 rings (SSSR count). The summed E-state index contributed by atoms with van der Waals surface area (Å²) < 4.78 is 20.5. The lowest BCUT2D eigenvalue weighted by atomic mass is 10.2. The van der Waals surface area contributed by atoms with E-state index in [1.165, 1.54) is 17.4 Å². The molecule has 1 amide bonds. The lowest BCUT2D eigenvalue weighted by molar-refractivity contribution is 0.0513. The zero-order valence-corrected chi connectivity index (χ0v) is 15.2. The SMILES string of the molecule is O=C(c1cc2c(F)cccc2s1)N(Cc1cccs1)CC1CCCO1. The molecule has 0 bridgehead atoms. The van der Waals surface area contributed by atoms with Crippen molar-refractivity contribution in [3.05, 3.63) is 57.3 Å². The van der Waals surface area contributed by atoms with Gasteiger partial charge in [-0.15, -0.1) is 22.7 Å². The van der Waals surface area contributed by atoms with Gasteiger partial charge in [0.25, 0.3) is 5.91 Å². The van der Waals surface area contributed by atoms with E-state index in [1.54, 1.807) is 23.5 Å². The van der Waals surface area contributed by atoms with Gasteiger partial charge in [0, 0.05) is 28.1 Å². The number of benzene rings is 1. The van der Waals surface area contributed by atoms with Crippen LogP contribution < -0.4 is 0 Å². The first-order chi connectivity index (χ1) is 12.2. The molecule has 1 unspecified atom stereocenters. The summed E-state index contributed by atoms with van der Waals surface area (Å²) in [7, 11) is 0. The normalized spacial score (nSPS) is 17.2. The summed E-state index contributed by atoms with van der Waals surface area (Å²) in [4.78, 5) is 16.7. The Labute approximate surface area is 153 Å². The van der Waals surface area contributed by atoms with Crippen LogP contribution >= 0.6 is 22.7 Å². The fourth-order valence-electron chi connectivity index (χ4n) is 3.13. The lowest BCUT2D eigenvalue weighted by Crippen LogP contribution is -2.36. The largest absolute Gasteiger partial charge is 0.376 e. The van der Waals surface area contributed by atoms with E-state index in [2.05, 4.69) is 0 Å². The standard InChI is InChI=1S/C19H18FNO2S2/c20-16-6-1-7-17-15(16)10-18(25-17)19(22)21(11-13-4-2-8-23-13)12-14-5-3-9-24-14/h1,3,5-7,9-10,13H,2,4,8,11-12H2. The summed E-state index contributed by atoms with van der Waals surface area (Å²) >= 11 is 2.99. The molecule has 1 aliphatic heterocycles. The number of thiophene rings is 2. The predicted octanol–water partition coefficient (Wildman–Crippen LogP) is 4.92. The molecule has 3 aromatic rings. The molecular weight excluding hydrogens is 357 g/mol. The molecule has 130 valence electrons. The Morgan fingerprint density at radius 2 is 2.24 bits per heavy atom. The highest BCUT2D eigenvalue weighted by atomic mass is 32.1. The number of carbonyl (C=O) groups is 1. The Kier molecular flexibility index (Phi) is 4.83. The van der Waals surface area contributed by atoms with E-state index in [0.717, 1.165) is 29.0 Å². The molecule has 2 aromatic heterocycles. The summed E-state index contributed by atoms with van der Waals surface area (Å²) in [5.74, 6) is -0.332. The third-order valence-corrected chi connectivity index (χ3v) is 6.33. The smallest absolute Gasteiger partial charge is 0.264 e. The number of ether oxygens (including phenoxy) is 1. The average molecular weight is 375 g/mol. The van der Waals surface area contributed by atoms with Gasteiger partial charge in [0.05, 0.1) is 17.5 Å². The minimum Gasteiger partial charge on any atom is -0.376 e. The molecule has 25 heavy (non-hydrogen) atoms. The van der Waals surface area contributed by atoms with Crippen molar-refractivity contribution in [2.45, 2.75) is 25.5 Å². The molecule has 0 spiro atoms. The molecular formula is C19H18FNO2S2. The van der Waals surface area contributed by atoms with Crippen LogP contribution in [0, 0.1) is 5.82 Å². The Balaban J connectivity index is 1.61. The molecule has 0 saturated carbocycles. The van der Waals surface area contributed by atoms with Crippen molar-refractivity contribution in [1.29, 1.82) is 0 Å². The summed E-state index contributed by atoms with van der Waals surface area (Å²) in [5.41, 5.74) is 0. The lowest BCUT2D eigenvalue weighted by Gasteiger charge is -2.24. The number of hydrogen-bond donors (Lipinski definition) is 0. The van der Waals surface area contributed by atoms with E-state index in [0.29, 0.717) is 23.4 Å². The molecule has 3 heterocycles. The first kappa shape index (κ1) is 16.7. The number of carbonyl (C=O) groups excluding carboxylic acids is 1. The van der Waals surface area contributed by atoms with Crippen molar-refractivity contribution in [2.24, 2.45) is 0 Å². The molecule has 3 nitrogen and oxygen atoms in total. The Morgan fingerprint density at radius 1 is 1.32 bits per heavy atom. The van der Waals surface area contributed by atoms with Gasteiger partial charge in [-0.2, -0.15) is 0 Å². The van der Waals surface area contributed by atoms with Crippen molar-refractivity contribution in [2.75, 3.05) is 13.2 Å². The first-order valence-corrected chi connectivity index (χ1v) is 10.0. The van der Waals surface area contributed by atoms with Crippen molar-refractivity contribution >= 4 is 38.7 Å². The van der Waals surface area contributed by atoms with Gasteiger partial charge in [0.1, 0.15) is 5.82 Å². The van der Waals surface area contributed by atoms with E-state index in [-0.39, 0.29) is 17.8 Å². The maximum atomic E-state index is 14.0. The number of halogens is 1. The number of amides is 1. The van der Waals surface area contributed by atoms with Crippen LogP contribution in [-0.2, 0) is 11.3 Å². The summed E-state index contributed by atoms with van der Waals surface area (Å²) in [6, 6.07) is 10.7.